The molecule has 0 saturated heterocycles. The zero-order chi connectivity index (χ0) is 13.9. The predicted octanol–water partition coefficient (Wildman–Crippen LogP) is 1.60. The van der Waals surface area contributed by atoms with Crippen LogP contribution in [0.4, 0.5) is 0 Å². The maximum absolute atomic E-state index is 11.2. The summed E-state index contributed by atoms with van der Waals surface area (Å²) in [5.74, 6) is -1.07. The van der Waals surface area contributed by atoms with Gasteiger partial charge in [-0.25, -0.2) is 9.48 Å². The van der Waals surface area contributed by atoms with Crippen molar-refractivity contribution >= 4 is 17.3 Å². The molecule has 0 aromatic carbocycles. The average molecular weight is 289 g/mol. The van der Waals surface area contributed by atoms with Crippen LogP contribution in [0.1, 0.15) is 10.5 Å². The van der Waals surface area contributed by atoms with Gasteiger partial charge in [0.2, 0.25) is 0 Å². The van der Waals surface area contributed by atoms with E-state index >= 15 is 0 Å². The fraction of sp³-hybridized carbons (Fsp3) is 0.167. The van der Waals surface area contributed by atoms with Gasteiger partial charge in [0.15, 0.2) is 5.69 Å². The number of hydrogen-bond acceptors (Lipinski definition) is 5. The summed E-state index contributed by atoms with van der Waals surface area (Å²) in [6.07, 6.45) is 3.55. The quantitative estimate of drug-likeness (QED) is 0.771. The standard InChI is InChI=1S/C12H11N5O2S/c18-12(19)10-11(9-3-1-8-20-9)17(15-14-10)7-6-16-5-2-4-13-16/h1-5,8H,6-7H2,(H,18,19). The van der Waals surface area contributed by atoms with Gasteiger partial charge in [0.1, 0.15) is 5.69 Å². The number of rotatable bonds is 5. The molecule has 0 atom stereocenters. The van der Waals surface area contributed by atoms with E-state index < -0.39 is 5.97 Å². The molecule has 0 aliphatic rings. The van der Waals surface area contributed by atoms with Crippen LogP contribution in [-0.2, 0) is 13.1 Å². The van der Waals surface area contributed by atoms with Gasteiger partial charge in [-0.2, -0.15) is 5.10 Å². The fourth-order valence-corrected chi connectivity index (χ4v) is 2.68. The van der Waals surface area contributed by atoms with Crippen molar-refractivity contribution in [1.82, 2.24) is 24.8 Å². The summed E-state index contributed by atoms with van der Waals surface area (Å²) in [6, 6.07) is 5.57. The number of nitrogens with zero attached hydrogens (tertiary/aromatic N) is 5. The van der Waals surface area contributed by atoms with Gasteiger partial charge in [-0.15, -0.1) is 16.4 Å². The van der Waals surface area contributed by atoms with Gasteiger partial charge in [-0.1, -0.05) is 11.3 Å². The van der Waals surface area contributed by atoms with Crippen LogP contribution >= 0.6 is 11.3 Å². The van der Waals surface area contributed by atoms with Crippen molar-refractivity contribution < 1.29 is 9.90 Å². The minimum atomic E-state index is -1.07. The van der Waals surface area contributed by atoms with E-state index in [4.69, 9.17) is 0 Å². The third kappa shape index (κ3) is 2.32. The lowest BCUT2D eigenvalue weighted by molar-refractivity contribution is 0.0691. The first kappa shape index (κ1) is 12.5. The highest BCUT2D eigenvalue weighted by molar-refractivity contribution is 7.13. The van der Waals surface area contributed by atoms with E-state index in [-0.39, 0.29) is 5.69 Å². The third-order valence-electron chi connectivity index (χ3n) is 2.79. The molecule has 0 bridgehead atoms. The van der Waals surface area contributed by atoms with E-state index in [1.807, 2.05) is 29.8 Å². The van der Waals surface area contributed by atoms with Crippen LogP contribution in [0, 0.1) is 0 Å². The normalized spacial score (nSPS) is 10.8. The molecule has 102 valence electrons. The van der Waals surface area contributed by atoms with E-state index in [9.17, 15) is 9.90 Å². The SMILES string of the molecule is O=C(O)c1nnn(CCn2cccn2)c1-c1cccs1. The molecule has 1 N–H and O–H groups in total. The van der Waals surface area contributed by atoms with Gasteiger partial charge >= 0.3 is 5.97 Å². The molecule has 0 aliphatic heterocycles. The van der Waals surface area contributed by atoms with Crippen molar-refractivity contribution in [2.75, 3.05) is 0 Å². The Hall–Kier alpha value is -2.48. The Bertz CT molecular complexity index is 702. The predicted molar refractivity (Wildman–Crippen MR) is 72.5 cm³/mol. The van der Waals surface area contributed by atoms with Crippen LogP contribution in [0.15, 0.2) is 36.0 Å². The molecule has 0 aliphatic carbocycles. The summed E-state index contributed by atoms with van der Waals surface area (Å²) in [6.45, 7) is 1.11. The van der Waals surface area contributed by atoms with Crippen molar-refractivity contribution in [3.8, 4) is 10.6 Å². The number of hydrogen-bond donors (Lipinski definition) is 1. The molecule has 3 heterocycles. The highest BCUT2D eigenvalue weighted by Gasteiger charge is 2.21. The molecule has 0 saturated carbocycles. The second-order valence-corrected chi connectivity index (χ2v) is 5.01. The van der Waals surface area contributed by atoms with Gasteiger partial charge < -0.3 is 5.11 Å². The van der Waals surface area contributed by atoms with E-state index in [2.05, 4.69) is 15.4 Å². The topological polar surface area (TPSA) is 85.8 Å². The molecule has 3 aromatic rings. The molecule has 20 heavy (non-hydrogen) atoms. The van der Waals surface area contributed by atoms with Gasteiger partial charge in [0.25, 0.3) is 0 Å². The second-order valence-electron chi connectivity index (χ2n) is 4.06. The van der Waals surface area contributed by atoms with Crippen LogP contribution in [0.3, 0.4) is 0 Å². The maximum Gasteiger partial charge on any atom is 0.358 e. The molecule has 8 heteroatoms. The number of aromatic carboxylic acids is 1. The lowest BCUT2D eigenvalue weighted by Crippen LogP contribution is -2.10. The summed E-state index contributed by atoms with van der Waals surface area (Å²) < 4.78 is 3.37. The number of thiophene rings is 1. The first-order valence-electron chi connectivity index (χ1n) is 5.94. The Balaban J connectivity index is 1.92. The van der Waals surface area contributed by atoms with E-state index in [0.29, 0.717) is 18.8 Å². The Labute approximate surface area is 118 Å². The van der Waals surface area contributed by atoms with Crippen LogP contribution < -0.4 is 0 Å². The van der Waals surface area contributed by atoms with Crippen LogP contribution in [0.25, 0.3) is 10.6 Å². The number of carboxylic acid groups (broad SMARTS) is 1. The summed E-state index contributed by atoms with van der Waals surface area (Å²) >= 11 is 1.46. The molecule has 0 unspecified atom stereocenters. The van der Waals surface area contributed by atoms with Gasteiger partial charge in [0.05, 0.1) is 18.0 Å². The monoisotopic (exact) mass is 289 g/mol. The lowest BCUT2D eigenvalue weighted by Gasteiger charge is -2.05. The maximum atomic E-state index is 11.2. The van der Waals surface area contributed by atoms with Crippen molar-refractivity contribution in [2.24, 2.45) is 0 Å². The highest BCUT2D eigenvalue weighted by atomic mass is 32.1. The molecule has 0 fully saturated rings. The second kappa shape index (κ2) is 5.25. The summed E-state index contributed by atoms with van der Waals surface area (Å²) in [5, 5.41) is 22.9. The molecular weight excluding hydrogens is 278 g/mol. The molecule has 7 nitrogen and oxygen atoms in total. The molecular formula is C12H11N5O2S. The first-order valence-corrected chi connectivity index (χ1v) is 6.82. The number of carbonyl (C=O) groups is 1. The van der Waals surface area contributed by atoms with Crippen LogP contribution in [0.5, 0.6) is 0 Å². The Morgan fingerprint density at radius 3 is 2.90 bits per heavy atom. The van der Waals surface area contributed by atoms with Crippen molar-refractivity contribution in [3.63, 3.8) is 0 Å². The number of carboxylic acids is 1. The van der Waals surface area contributed by atoms with Gasteiger partial charge in [-0.05, 0) is 17.5 Å². The van der Waals surface area contributed by atoms with E-state index in [1.54, 1.807) is 15.6 Å². The van der Waals surface area contributed by atoms with Crippen LogP contribution in [-0.4, -0.2) is 35.9 Å². The molecule has 0 spiro atoms. The third-order valence-corrected chi connectivity index (χ3v) is 3.67. The number of aromatic nitrogens is 5. The molecule has 3 rings (SSSR count). The molecule has 0 radical (unpaired) electrons. The minimum Gasteiger partial charge on any atom is -0.476 e. The highest BCUT2D eigenvalue weighted by Crippen LogP contribution is 2.27. The Morgan fingerprint density at radius 1 is 1.35 bits per heavy atom. The minimum absolute atomic E-state index is 0.0204. The lowest BCUT2D eigenvalue weighted by atomic mass is 10.2. The largest absolute Gasteiger partial charge is 0.476 e. The average Bonchev–Trinajstić information content (AvgIpc) is 3.17. The van der Waals surface area contributed by atoms with Crippen molar-refractivity contribution in [1.29, 1.82) is 0 Å². The zero-order valence-electron chi connectivity index (χ0n) is 10.4. The van der Waals surface area contributed by atoms with E-state index in [0.717, 1.165) is 4.88 Å². The van der Waals surface area contributed by atoms with Gasteiger partial charge in [0, 0.05) is 12.4 Å². The summed E-state index contributed by atoms with van der Waals surface area (Å²) in [7, 11) is 0. The van der Waals surface area contributed by atoms with E-state index in [1.165, 1.54) is 11.3 Å². The Kier molecular flexibility index (Phi) is 3.30. The Morgan fingerprint density at radius 2 is 2.25 bits per heavy atom. The smallest absolute Gasteiger partial charge is 0.358 e. The summed E-state index contributed by atoms with van der Waals surface area (Å²) in [4.78, 5) is 12.1. The van der Waals surface area contributed by atoms with Gasteiger partial charge in [-0.3, -0.25) is 4.68 Å². The number of aryl methyl sites for hydroxylation is 2. The van der Waals surface area contributed by atoms with Crippen LogP contribution in [0.2, 0.25) is 0 Å². The first-order chi connectivity index (χ1) is 9.75. The molecule has 3 aromatic heterocycles. The van der Waals surface area contributed by atoms with Crippen molar-refractivity contribution in [2.45, 2.75) is 13.1 Å². The fourth-order valence-electron chi connectivity index (χ4n) is 1.90. The molecule has 0 amide bonds. The summed E-state index contributed by atoms with van der Waals surface area (Å²) in [5.41, 5.74) is 0.521. The zero-order valence-corrected chi connectivity index (χ0v) is 11.2. The van der Waals surface area contributed by atoms with Crippen molar-refractivity contribution in [3.05, 3.63) is 41.7 Å².